The van der Waals surface area contributed by atoms with Crippen molar-refractivity contribution < 1.29 is 4.74 Å². The zero-order valence-corrected chi connectivity index (χ0v) is 9.77. The summed E-state index contributed by atoms with van der Waals surface area (Å²) in [7, 11) is 1.62. The van der Waals surface area contributed by atoms with Gasteiger partial charge in [-0.05, 0) is 18.4 Å². The van der Waals surface area contributed by atoms with E-state index in [-0.39, 0.29) is 0 Å². The second-order valence-corrected chi connectivity index (χ2v) is 3.97. The zero-order valence-electron chi connectivity index (χ0n) is 9.77. The van der Waals surface area contributed by atoms with Gasteiger partial charge in [0.15, 0.2) is 0 Å². The summed E-state index contributed by atoms with van der Waals surface area (Å²) >= 11 is 0. The molecule has 3 rings (SSSR count). The molecule has 3 heteroatoms. The highest BCUT2D eigenvalue weighted by molar-refractivity contribution is 6.03. The largest absolute Gasteiger partial charge is 0.480 e. The summed E-state index contributed by atoms with van der Waals surface area (Å²) in [5.74, 6) is 0.592. The van der Waals surface area contributed by atoms with Gasteiger partial charge >= 0.3 is 0 Å². The number of benzene rings is 2. The third kappa shape index (κ3) is 1.51. The van der Waals surface area contributed by atoms with Crippen LogP contribution in [-0.2, 0) is 0 Å². The minimum Gasteiger partial charge on any atom is -0.480 e. The van der Waals surface area contributed by atoms with Crippen molar-refractivity contribution in [1.29, 1.82) is 0 Å². The summed E-state index contributed by atoms with van der Waals surface area (Å²) in [4.78, 5) is 9.05. The SMILES string of the molecule is COc1nc2c(ccc3ccccc32)nc1C. The number of aryl methyl sites for hydroxylation is 1. The molecule has 0 saturated carbocycles. The molecule has 1 heterocycles. The molecule has 0 fully saturated rings. The highest BCUT2D eigenvalue weighted by Gasteiger charge is 2.07. The van der Waals surface area contributed by atoms with Crippen molar-refractivity contribution in [1.82, 2.24) is 9.97 Å². The second kappa shape index (κ2) is 3.70. The summed E-state index contributed by atoms with van der Waals surface area (Å²) in [6, 6.07) is 12.2. The van der Waals surface area contributed by atoms with Gasteiger partial charge in [-0.3, -0.25) is 0 Å². The van der Waals surface area contributed by atoms with Crippen LogP contribution in [0.5, 0.6) is 5.88 Å². The van der Waals surface area contributed by atoms with Crippen molar-refractivity contribution >= 4 is 21.8 Å². The van der Waals surface area contributed by atoms with Gasteiger partial charge < -0.3 is 4.74 Å². The predicted molar refractivity (Wildman–Crippen MR) is 68.3 cm³/mol. The first kappa shape index (κ1) is 10.0. The lowest BCUT2D eigenvalue weighted by atomic mass is 10.1. The van der Waals surface area contributed by atoms with Crippen LogP contribution in [-0.4, -0.2) is 17.1 Å². The third-order valence-electron chi connectivity index (χ3n) is 2.88. The summed E-state index contributed by atoms with van der Waals surface area (Å²) < 4.78 is 5.23. The average molecular weight is 224 g/mol. The van der Waals surface area contributed by atoms with E-state index in [1.807, 2.05) is 25.1 Å². The van der Waals surface area contributed by atoms with Gasteiger partial charge in [0.25, 0.3) is 0 Å². The first-order valence-electron chi connectivity index (χ1n) is 5.49. The molecule has 0 atom stereocenters. The highest BCUT2D eigenvalue weighted by atomic mass is 16.5. The molecule has 0 saturated heterocycles. The number of aromatic nitrogens is 2. The molecule has 0 aliphatic heterocycles. The van der Waals surface area contributed by atoms with Crippen LogP contribution in [0, 0.1) is 6.92 Å². The first-order valence-corrected chi connectivity index (χ1v) is 5.49. The second-order valence-electron chi connectivity index (χ2n) is 3.97. The van der Waals surface area contributed by atoms with Gasteiger partial charge in [0.2, 0.25) is 5.88 Å². The van der Waals surface area contributed by atoms with Crippen LogP contribution in [0.25, 0.3) is 21.8 Å². The molecule has 0 amide bonds. The standard InChI is InChI=1S/C14H12N2O/c1-9-14(17-2)16-13-11-6-4-3-5-10(11)7-8-12(13)15-9/h3-8H,1-2H3. The zero-order chi connectivity index (χ0) is 11.8. The molecule has 17 heavy (non-hydrogen) atoms. The van der Waals surface area contributed by atoms with E-state index in [9.17, 15) is 0 Å². The van der Waals surface area contributed by atoms with E-state index in [0.717, 1.165) is 22.1 Å². The Morgan fingerprint density at radius 3 is 2.65 bits per heavy atom. The predicted octanol–water partition coefficient (Wildman–Crippen LogP) is 3.10. The van der Waals surface area contributed by atoms with Crippen molar-refractivity contribution in [3.63, 3.8) is 0 Å². The quantitative estimate of drug-likeness (QED) is 0.596. The molecule has 1 aromatic heterocycles. The van der Waals surface area contributed by atoms with Crippen LogP contribution in [0.3, 0.4) is 0 Å². The van der Waals surface area contributed by atoms with Gasteiger partial charge in [-0.2, -0.15) is 0 Å². The van der Waals surface area contributed by atoms with Crippen LogP contribution < -0.4 is 4.74 Å². The molecule has 2 aromatic carbocycles. The van der Waals surface area contributed by atoms with Gasteiger partial charge in [0.1, 0.15) is 11.2 Å². The lowest BCUT2D eigenvalue weighted by Gasteiger charge is -2.07. The normalized spacial score (nSPS) is 10.9. The van der Waals surface area contributed by atoms with Gasteiger partial charge in [0, 0.05) is 5.39 Å². The topological polar surface area (TPSA) is 35.0 Å². The van der Waals surface area contributed by atoms with Crippen molar-refractivity contribution in [3.05, 3.63) is 42.1 Å². The van der Waals surface area contributed by atoms with Crippen LogP contribution in [0.1, 0.15) is 5.69 Å². The number of methoxy groups -OCH3 is 1. The van der Waals surface area contributed by atoms with Gasteiger partial charge in [-0.1, -0.05) is 30.3 Å². The maximum absolute atomic E-state index is 5.23. The summed E-state index contributed by atoms with van der Waals surface area (Å²) in [6.45, 7) is 1.90. The van der Waals surface area contributed by atoms with E-state index in [0.29, 0.717) is 5.88 Å². The van der Waals surface area contributed by atoms with Crippen LogP contribution in [0.2, 0.25) is 0 Å². The van der Waals surface area contributed by atoms with Gasteiger partial charge in [-0.25, -0.2) is 9.97 Å². The van der Waals surface area contributed by atoms with E-state index in [2.05, 4.69) is 28.2 Å². The fraction of sp³-hybridized carbons (Fsp3) is 0.143. The first-order chi connectivity index (χ1) is 8.29. The smallest absolute Gasteiger partial charge is 0.235 e. The van der Waals surface area contributed by atoms with Crippen molar-refractivity contribution in [3.8, 4) is 5.88 Å². The maximum atomic E-state index is 5.23. The number of hydrogen-bond acceptors (Lipinski definition) is 3. The number of fused-ring (bicyclic) bond motifs is 3. The number of nitrogens with zero attached hydrogens (tertiary/aromatic N) is 2. The van der Waals surface area contributed by atoms with E-state index >= 15 is 0 Å². The lowest BCUT2D eigenvalue weighted by Crippen LogP contribution is -1.96. The fourth-order valence-corrected chi connectivity index (χ4v) is 2.06. The molecule has 0 N–H and O–H groups in total. The molecular weight excluding hydrogens is 212 g/mol. The molecule has 84 valence electrons. The molecule has 3 aromatic rings. The molecule has 0 radical (unpaired) electrons. The Balaban J connectivity index is 2.48. The van der Waals surface area contributed by atoms with Crippen LogP contribution >= 0.6 is 0 Å². The summed E-state index contributed by atoms with van der Waals surface area (Å²) in [5, 5.41) is 2.27. The van der Waals surface area contributed by atoms with E-state index in [4.69, 9.17) is 4.74 Å². The van der Waals surface area contributed by atoms with E-state index in [1.165, 1.54) is 5.39 Å². The molecule has 0 aliphatic rings. The van der Waals surface area contributed by atoms with Crippen molar-refractivity contribution in [2.45, 2.75) is 6.92 Å². The van der Waals surface area contributed by atoms with Gasteiger partial charge in [0.05, 0.1) is 12.6 Å². The summed E-state index contributed by atoms with van der Waals surface area (Å²) in [5.41, 5.74) is 2.61. The Bertz CT molecular complexity index is 707. The lowest BCUT2D eigenvalue weighted by molar-refractivity contribution is 0.394. The minimum atomic E-state index is 0.592. The summed E-state index contributed by atoms with van der Waals surface area (Å²) in [6.07, 6.45) is 0. The molecule has 0 bridgehead atoms. The highest BCUT2D eigenvalue weighted by Crippen LogP contribution is 2.25. The molecule has 0 spiro atoms. The van der Waals surface area contributed by atoms with Crippen molar-refractivity contribution in [2.24, 2.45) is 0 Å². The maximum Gasteiger partial charge on any atom is 0.235 e. The molecule has 3 nitrogen and oxygen atoms in total. The Morgan fingerprint density at radius 1 is 1.00 bits per heavy atom. The monoisotopic (exact) mass is 224 g/mol. The third-order valence-corrected chi connectivity index (χ3v) is 2.88. The van der Waals surface area contributed by atoms with Crippen molar-refractivity contribution in [2.75, 3.05) is 7.11 Å². The Morgan fingerprint density at radius 2 is 1.82 bits per heavy atom. The van der Waals surface area contributed by atoms with E-state index in [1.54, 1.807) is 7.11 Å². The fourth-order valence-electron chi connectivity index (χ4n) is 2.06. The molecule has 0 unspecified atom stereocenters. The molecular formula is C14H12N2O. The minimum absolute atomic E-state index is 0.592. The number of rotatable bonds is 1. The van der Waals surface area contributed by atoms with Gasteiger partial charge in [-0.15, -0.1) is 0 Å². The van der Waals surface area contributed by atoms with Crippen LogP contribution in [0.15, 0.2) is 36.4 Å². The van der Waals surface area contributed by atoms with E-state index < -0.39 is 0 Å². The Kier molecular flexibility index (Phi) is 2.18. The molecule has 0 aliphatic carbocycles. The Hall–Kier alpha value is -2.16. The average Bonchev–Trinajstić information content (AvgIpc) is 2.37. The Labute approximate surface area is 99.1 Å². The number of ether oxygens (including phenoxy) is 1. The number of hydrogen-bond donors (Lipinski definition) is 0. The van der Waals surface area contributed by atoms with Crippen LogP contribution in [0.4, 0.5) is 0 Å².